The number of aromatic nitrogens is 5. The van der Waals surface area contributed by atoms with E-state index in [9.17, 15) is 4.79 Å². The molecule has 22 heavy (non-hydrogen) atoms. The van der Waals surface area contributed by atoms with Crippen molar-refractivity contribution in [3.8, 4) is 0 Å². The van der Waals surface area contributed by atoms with Crippen LogP contribution in [0, 0.1) is 0 Å². The SMILES string of the molecule is CCN(CC)C(=O)n1cnc(Sc2snnc2C(C)(C)C)n1. The van der Waals surface area contributed by atoms with Crippen LogP contribution in [0.15, 0.2) is 15.7 Å². The van der Waals surface area contributed by atoms with Crippen molar-refractivity contribution in [1.29, 1.82) is 0 Å². The highest BCUT2D eigenvalue weighted by atomic mass is 32.2. The molecule has 0 N–H and O–H groups in total. The van der Waals surface area contributed by atoms with Crippen LogP contribution in [-0.4, -0.2) is 48.4 Å². The van der Waals surface area contributed by atoms with Crippen LogP contribution in [0.2, 0.25) is 0 Å². The summed E-state index contributed by atoms with van der Waals surface area (Å²) in [5.41, 5.74) is 0.837. The summed E-state index contributed by atoms with van der Waals surface area (Å²) < 4.78 is 6.25. The quantitative estimate of drug-likeness (QED) is 0.852. The third-order valence-electron chi connectivity index (χ3n) is 3.05. The van der Waals surface area contributed by atoms with Crippen molar-refractivity contribution in [2.24, 2.45) is 0 Å². The molecular weight excluding hydrogens is 320 g/mol. The Morgan fingerprint density at radius 2 is 2.05 bits per heavy atom. The first-order chi connectivity index (χ1) is 10.4. The normalized spacial score (nSPS) is 11.7. The fourth-order valence-corrected chi connectivity index (χ4v) is 3.76. The Balaban J connectivity index is 2.17. The third-order valence-corrected chi connectivity index (χ3v) is 4.80. The number of hydrogen-bond donors (Lipinski definition) is 0. The second-order valence-electron chi connectivity index (χ2n) is 5.69. The Morgan fingerprint density at radius 1 is 1.36 bits per heavy atom. The molecule has 7 nitrogen and oxygen atoms in total. The van der Waals surface area contributed by atoms with Gasteiger partial charge in [-0.05, 0) is 37.1 Å². The van der Waals surface area contributed by atoms with Crippen LogP contribution >= 0.6 is 23.3 Å². The second kappa shape index (κ2) is 6.74. The lowest BCUT2D eigenvalue weighted by Gasteiger charge is -2.17. The van der Waals surface area contributed by atoms with Crippen molar-refractivity contribution < 1.29 is 4.79 Å². The minimum absolute atomic E-state index is 0.0884. The highest BCUT2D eigenvalue weighted by molar-refractivity contribution is 8.01. The van der Waals surface area contributed by atoms with Gasteiger partial charge in [0.2, 0.25) is 5.16 Å². The van der Waals surface area contributed by atoms with Gasteiger partial charge in [-0.15, -0.1) is 10.2 Å². The molecule has 120 valence electrons. The average Bonchev–Trinajstić information content (AvgIpc) is 3.09. The molecule has 2 aromatic heterocycles. The second-order valence-corrected chi connectivity index (χ2v) is 7.68. The largest absolute Gasteiger partial charge is 0.346 e. The van der Waals surface area contributed by atoms with Gasteiger partial charge in [0.15, 0.2) is 0 Å². The molecule has 0 aromatic carbocycles. The molecule has 0 unspecified atom stereocenters. The molecule has 0 spiro atoms. The maximum Gasteiger partial charge on any atom is 0.346 e. The Hall–Kier alpha value is -1.48. The lowest BCUT2D eigenvalue weighted by atomic mass is 9.93. The monoisotopic (exact) mass is 340 g/mol. The predicted molar refractivity (Wildman–Crippen MR) is 86.5 cm³/mol. The van der Waals surface area contributed by atoms with Gasteiger partial charge < -0.3 is 4.90 Å². The van der Waals surface area contributed by atoms with E-state index in [0.29, 0.717) is 18.2 Å². The lowest BCUT2D eigenvalue weighted by molar-refractivity contribution is 0.201. The Bertz CT molecular complexity index is 641. The molecule has 0 aliphatic heterocycles. The molecule has 2 heterocycles. The van der Waals surface area contributed by atoms with Gasteiger partial charge in [-0.3, -0.25) is 0 Å². The lowest BCUT2D eigenvalue weighted by Crippen LogP contribution is -2.34. The number of rotatable bonds is 4. The molecule has 0 saturated carbocycles. The molecular formula is C13H20N6OS2. The van der Waals surface area contributed by atoms with Crippen molar-refractivity contribution in [2.45, 2.75) is 49.4 Å². The zero-order valence-electron chi connectivity index (χ0n) is 13.4. The van der Waals surface area contributed by atoms with E-state index in [1.807, 2.05) is 13.8 Å². The van der Waals surface area contributed by atoms with Gasteiger partial charge in [0.25, 0.3) is 0 Å². The van der Waals surface area contributed by atoms with Crippen LogP contribution < -0.4 is 0 Å². The van der Waals surface area contributed by atoms with Crippen molar-refractivity contribution in [1.82, 2.24) is 29.3 Å². The molecule has 1 amide bonds. The summed E-state index contributed by atoms with van der Waals surface area (Å²) in [4.78, 5) is 18.1. The fourth-order valence-electron chi connectivity index (χ4n) is 1.81. The fraction of sp³-hybridized carbons (Fsp3) is 0.615. The summed E-state index contributed by atoms with van der Waals surface area (Å²) in [5.74, 6) is 0. The number of nitrogens with zero attached hydrogens (tertiary/aromatic N) is 6. The maximum atomic E-state index is 12.2. The molecule has 0 aliphatic carbocycles. The highest BCUT2D eigenvalue weighted by Crippen LogP contribution is 2.35. The minimum atomic E-state index is -0.164. The van der Waals surface area contributed by atoms with Crippen LogP contribution in [0.5, 0.6) is 0 Å². The van der Waals surface area contributed by atoms with Gasteiger partial charge >= 0.3 is 6.03 Å². The van der Waals surface area contributed by atoms with Gasteiger partial charge in [-0.2, -0.15) is 4.68 Å². The molecule has 2 rings (SSSR count). The summed E-state index contributed by atoms with van der Waals surface area (Å²) in [6.45, 7) is 11.4. The van der Waals surface area contributed by atoms with E-state index in [4.69, 9.17) is 0 Å². The molecule has 0 bridgehead atoms. The van der Waals surface area contributed by atoms with E-state index in [1.165, 1.54) is 34.3 Å². The van der Waals surface area contributed by atoms with Gasteiger partial charge in [0.05, 0.1) is 5.69 Å². The predicted octanol–water partition coefficient (Wildman–Crippen LogP) is 2.89. The Kier molecular flexibility index (Phi) is 5.17. The smallest absolute Gasteiger partial charge is 0.323 e. The standard InChI is InChI=1S/C13H20N6OS2/c1-6-18(7-2)12(20)19-8-14-11(16-19)21-10-9(13(3,4)5)15-17-22-10/h8H,6-7H2,1-5H3. The third kappa shape index (κ3) is 3.64. The average molecular weight is 340 g/mol. The van der Waals surface area contributed by atoms with E-state index < -0.39 is 0 Å². The van der Waals surface area contributed by atoms with E-state index in [0.717, 1.165) is 9.90 Å². The number of hydrogen-bond acceptors (Lipinski definition) is 7. The summed E-state index contributed by atoms with van der Waals surface area (Å²) >= 11 is 2.71. The first kappa shape index (κ1) is 16.9. The van der Waals surface area contributed by atoms with Gasteiger partial charge in [-0.1, -0.05) is 25.3 Å². The molecule has 0 fully saturated rings. The molecule has 0 saturated heterocycles. The summed E-state index contributed by atoms with van der Waals surface area (Å²) in [6.07, 6.45) is 1.45. The summed E-state index contributed by atoms with van der Waals surface area (Å²) in [6, 6.07) is -0.164. The van der Waals surface area contributed by atoms with Crippen LogP contribution in [0.4, 0.5) is 4.79 Å². The topological polar surface area (TPSA) is 76.8 Å². The van der Waals surface area contributed by atoms with Crippen molar-refractivity contribution in [2.75, 3.05) is 13.1 Å². The zero-order valence-corrected chi connectivity index (χ0v) is 15.0. The summed E-state index contributed by atoms with van der Waals surface area (Å²) in [7, 11) is 0. The number of amides is 1. The van der Waals surface area contributed by atoms with Crippen molar-refractivity contribution >= 4 is 29.3 Å². The molecule has 0 atom stereocenters. The molecule has 0 radical (unpaired) electrons. The van der Waals surface area contributed by atoms with Crippen LogP contribution in [0.25, 0.3) is 0 Å². The molecule has 9 heteroatoms. The van der Waals surface area contributed by atoms with E-state index >= 15 is 0 Å². The Labute approximate surface area is 138 Å². The summed E-state index contributed by atoms with van der Waals surface area (Å²) in [5, 5.41) is 8.97. The number of carbonyl (C=O) groups is 1. The van der Waals surface area contributed by atoms with Crippen LogP contribution in [0.1, 0.15) is 40.3 Å². The highest BCUT2D eigenvalue weighted by Gasteiger charge is 2.24. The van der Waals surface area contributed by atoms with E-state index in [2.05, 4.69) is 40.4 Å². The first-order valence-electron chi connectivity index (χ1n) is 7.08. The number of carbonyl (C=O) groups excluding carboxylic acids is 1. The molecule has 0 aliphatic rings. The van der Waals surface area contributed by atoms with Gasteiger partial charge in [0.1, 0.15) is 10.5 Å². The van der Waals surface area contributed by atoms with E-state index in [-0.39, 0.29) is 11.4 Å². The van der Waals surface area contributed by atoms with Gasteiger partial charge in [0, 0.05) is 18.5 Å². The van der Waals surface area contributed by atoms with Gasteiger partial charge in [-0.25, -0.2) is 9.78 Å². The zero-order chi connectivity index (χ0) is 16.3. The first-order valence-corrected chi connectivity index (χ1v) is 8.67. The van der Waals surface area contributed by atoms with Crippen LogP contribution in [-0.2, 0) is 5.41 Å². The minimum Gasteiger partial charge on any atom is -0.323 e. The Morgan fingerprint density at radius 3 is 2.64 bits per heavy atom. The van der Waals surface area contributed by atoms with Crippen molar-refractivity contribution in [3.63, 3.8) is 0 Å². The van der Waals surface area contributed by atoms with E-state index in [1.54, 1.807) is 4.90 Å². The van der Waals surface area contributed by atoms with Crippen molar-refractivity contribution in [3.05, 3.63) is 12.0 Å². The maximum absolute atomic E-state index is 12.2. The van der Waals surface area contributed by atoms with Crippen LogP contribution in [0.3, 0.4) is 0 Å². The molecule has 2 aromatic rings.